The molecule has 0 aromatic heterocycles. The van der Waals surface area contributed by atoms with Crippen LogP contribution in [0.5, 0.6) is 0 Å². The van der Waals surface area contributed by atoms with Crippen LogP contribution in [0.3, 0.4) is 0 Å². The Balaban J connectivity index is 2.05. The number of ether oxygens (including phenoxy) is 2. The molecule has 0 aromatic carbocycles. The van der Waals surface area contributed by atoms with Crippen LogP contribution in [0.1, 0.15) is 51.9 Å². The van der Waals surface area contributed by atoms with Gasteiger partial charge < -0.3 is 14.4 Å². The molecule has 0 spiro atoms. The molecule has 0 fully saturated rings. The molecule has 5 nitrogen and oxygen atoms in total. The maximum atomic E-state index is 10.9. The molecular weight excluding hydrogens is 268 g/mol. The average molecular weight is 298 g/mol. The van der Waals surface area contributed by atoms with Gasteiger partial charge in [-0.15, -0.1) is 0 Å². The van der Waals surface area contributed by atoms with Gasteiger partial charge in [-0.3, -0.25) is 9.79 Å². The minimum atomic E-state index is -0.217. The van der Waals surface area contributed by atoms with Crippen LogP contribution < -0.4 is 0 Å². The van der Waals surface area contributed by atoms with Crippen molar-refractivity contribution in [2.24, 2.45) is 4.99 Å². The van der Waals surface area contributed by atoms with Crippen LogP contribution in [0.15, 0.2) is 4.99 Å². The summed E-state index contributed by atoms with van der Waals surface area (Å²) in [6.07, 6.45) is 7.91. The van der Waals surface area contributed by atoms with Crippen molar-refractivity contribution in [3.05, 3.63) is 0 Å². The van der Waals surface area contributed by atoms with Crippen molar-refractivity contribution >= 4 is 11.8 Å². The van der Waals surface area contributed by atoms with Gasteiger partial charge in [0.05, 0.1) is 39.1 Å². The van der Waals surface area contributed by atoms with Gasteiger partial charge in [0.15, 0.2) is 0 Å². The Bertz CT molecular complexity index is 319. The molecule has 0 bridgehead atoms. The largest absolute Gasteiger partial charge is 0.469 e. The lowest BCUT2D eigenvalue weighted by molar-refractivity contribution is -0.141. The average Bonchev–Trinajstić information content (AvgIpc) is 2.94. The Kier molecular flexibility index (Phi) is 9.87. The molecule has 0 radical (unpaired) electrons. The fourth-order valence-electron chi connectivity index (χ4n) is 2.43. The van der Waals surface area contributed by atoms with E-state index in [1.54, 1.807) is 0 Å². The summed E-state index contributed by atoms with van der Waals surface area (Å²) in [5.41, 5.74) is 0. The van der Waals surface area contributed by atoms with Gasteiger partial charge in [-0.1, -0.05) is 32.6 Å². The van der Waals surface area contributed by atoms with Crippen molar-refractivity contribution in [3.8, 4) is 0 Å². The molecule has 1 aliphatic rings. The molecule has 0 unspecified atom stereocenters. The number of carbonyl (C=O) groups is 1. The molecule has 0 saturated heterocycles. The number of aliphatic imine (C=N–C) groups is 1. The first-order valence-electron chi connectivity index (χ1n) is 8.20. The molecule has 21 heavy (non-hydrogen) atoms. The quantitative estimate of drug-likeness (QED) is 0.410. The van der Waals surface area contributed by atoms with E-state index in [1.165, 1.54) is 45.0 Å². The lowest BCUT2D eigenvalue weighted by atomic mass is 10.1. The van der Waals surface area contributed by atoms with Crippen molar-refractivity contribution in [3.63, 3.8) is 0 Å². The summed E-state index contributed by atoms with van der Waals surface area (Å²) in [5.74, 6) is 1.02. The molecule has 122 valence electrons. The summed E-state index contributed by atoms with van der Waals surface area (Å²) in [5, 5.41) is 0. The van der Waals surface area contributed by atoms with Crippen molar-refractivity contribution in [1.29, 1.82) is 0 Å². The minimum absolute atomic E-state index is 0.217. The maximum absolute atomic E-state index is 10.9. The number of hydrogen-bond acceptors (Lipinski definition) is 5. The second-order valence-corrected chi connectivity index (χ2v) is 5.39. The first-order valence-corrected chi connectivity index (χ1v) is 8.20. The zero-order valence-electron chi connectivity index (χ0n) is 13.6. The van der Waals surface area contributed by atoms with Gasteiger partial charge in [0.2, 0.25) is 0 Å². The first kappa shape index (κ1) is 18.0. The van der Waals surface area contributed by atoms with Crippen LogP contribution >= 0.6 is 0 Å². The number of carbonyl (C=O) groups excluding carboxylic acids is 1. The third-order valence-corrected chi connectivity index (χ3v) is 3.72. The van der Waals surface area contributed by atoms with Crippen LogP contribution in [-0.4, -0.2) is 56.7 Å². The second kappa shape index (κ2) is 11.5. The highest BCUT2D eigenvalue weighted by Crippen LogP contribution is 2.11. The fraction of sp³-hybridized carbons (Fsp3) is 0.875. The van der Waals surface area contributed by atoms with Crippen LogP contribution in [0.4, 0.5) is 0 Å². The summed E-state index contributed by atoms with van der Waals surface area (Å²) in [6.45, 7) is 6.10. The lowest BCUT2D eigenvalue weighted by Crippen LogP contribution is -2.31. The van der Waals surface area contributed by atoms with E-state index in [1.807, 2.05) is 0 Å². The highest BCUT2D eigenvalue weighted by Gasteiger charge is 2.15. The number of nitrogens with zero attached hydrogens (tertiary/aromatic N) is 2. The summed E-state index contributed by atoms with van der Waals surface area (Å²) in [7, 11) is 1.40. The SMILES string of the molecule is CCCCCCCC1=NCCN1CCOCCC(=O)OC. The highest BCUT2D eigenvalue weighted by molar-refractivity contribution is 5.83. The van der Waals surface area contributed by atoms with E-state index in [9.17, 15) is 4.79 Å². The minimum Gasteiger partial charge on any atom is -0.469 e. The highest BCUT2D eigenvalue weighted by atomic mass is 16.5. The summed E-state index contributed by atoms with van der Waals surface area (Å²) in [6, 6.07) is 0. The smallest absolute Gasteiger partial charge is 0.307 e. The van der Waals surface area contributed by atoms with Crippen molar-refractivity contribution in [1.82, 2.24) is 4.90 Å². The molecule has 0 saturated carbocycles. The van der Waals surface area contributed by atoms with E-state index in [0.29, 0.717) is 19.6 Å². The fourth-order valence-corrected chi connectivity index (χ4v) is 2.43. The van der Waals surface area contributed by atoms with E-state index in [-0.39, 0.29) is 5.97 Å². The van der Waals surface area contributed by atoms with E-state index < -0.39 is 0 Å². The maximum Gasteiger partial charge on any atom is 0.307 e. The molecule has 0 aliphatic carbocycles. The number of amidine groups is 1. The van der Waals surface area contributed by atoms with Gasteiger partial charge in [-0.2, -0.15) is 0 Å². The van der Waals surface area contributed by atoms with E-state index >= 15 is 0 Å². The van der Waals surface area contributed by atoms with Crippen LogP contribution in [0.25, 0.3) is 0 Å². The van der Waals surface area contributed by atoms with E-state index in [2.05, 4.69) is 21.6 Å². The standard InChI is InChI=1S/C16H30N2O3/c1-3-4-5-6-7-8-15-17-10-11-18(15)12-14-21-13-9-16(19)20-2/h3-14H2,1-2H3. The van der Waals surface area contributed by atoms with Gasteiger partial charge in [0.25, 0.3) is 0 Å². The number of esters is 1. The van der Waals surface area contributed by atoms with Crippen LogP contribution in [-0.2, 0) is 14.3 Å². The van der Waals surface area contributed by atoms with Crippen LogP contribution in [0, 0.1) is 0 Å². The third kappa shape index (κ3) is 8.05. The molecule has 0 amide bonds. The lowest BCUT2D eigenvalue weighted by Gasteiger charge is -2.20. The molecule has 1 heterocycles. The zero-order chi connectivity index (χ0) is 15.3. The number of methoxy groups -OCH3 is 1. The Labute approximate surface area is 128 Å². The molecular formula is C16H30N2O3. The number of unbranched alkanes of at least 4 members (excludes halogenated alkanes) is 4. The normalized spacial score (nSPS) is 14.4. The summed E-state index contributed by atoms with van der Waals surface area (Å²) in [4.78, 5) is 17.9. The van der Waals surface area contributed by atoms with Gasteiger partial charge in [-0.25, -0.2) is 0 Å². The Morgan fingerprint density at radius 3 is 2.81 bits per heavy atom. The van der Waals surface area contributed by atoms with Crippen molar-refractivity contribution in [2.75, 3.05) is 40.0 Å². The number of rotatable bonds is 12. The third-order valence-electron chi connectivity index (χ3n) is 3.72. The number of hydrogen-bond donors (Lipinski definition) is 0. The molecule has 0 atom stereocenters. The van der Waals surface area contributed by atoms with Crippen molar-refractivity contribution < 1.29 is 14.3 Å². The van der Waals surface area contributed by atoms with Crippen molar-refractivity contribution in [2.45, 2.75) is 51.9 Å². The zero-order valence-corrected chi connectivity index (χ0v) is 13.6. The van der Waals surface area contributed by atoms with Gasteiger partial charge >= 0.3 is 5.97 Å². The van der Waals surface area contributed by atoms with Crippen LogP contribution in [0.2, 0.25) is 0 Å². The van der Waals surface area contributed by atoms with Gasteiger partial charge in [0.1, 0.15) is 0 Å². The predicted octanol–water partition coefficient (Wildman–Crippen LogP) is 2.64. The van der Waals surface area contributed by atoms with E-state index in [0.717, 1.165) is 26.1 Å². The summed E-state index contributed by atoms with van der Waals surface area (Å²) < 4.78 is 10.0. The van der Waals surface area contributed by atoms with Gasteiger partial charge in [-0.05, 0) is 6.42 Å². The molecule has 0 N–H and O–H groups in total. The predicted molar refractivity (Wildman–Crippen MR) is 84.7 cm³/mol. The molecule has 1 rings (SSSR count). The van der Waals surface area contributed by atoms with Gasteiger partial charge in [0, 0.05) is 19.5 Å². The Morgan fingerprint density at radius 2 is 2.05 bits per heavy atom. The molecule has 5 heteroatoms. The molecule has 0 aromatic rings. The topological polar surface area (TPSA) is 51.1 Å². The Morgan fingerprint density at radius 1 is 1.24 bits per heavy atom. The monoisotopic (exact) mass is 298 g/mol. The second-order valence-electron chi connectivity index (χ2n) is 5.39. The Hall–Kier alpha value is -1.10. The van der Waals surface area contributed by atoms with E-state index in [4.69, 9.17) is 4.74 Å². The first-order chi connectivity index (χ1) is 10.3. The molecule has 1 aliphatic heterocycles. The summed E-state index contributed by atoms with van der Waals surface area (Å²) >= 11 is 0.